The van der Waals surface area contributed by atoms with Crippen molar-refractivity contribution in [1.82, 2.24) is 10.2 Å². The van der Waals surface area contributed by atoms with E-state index in [1.807, 2.05) is 0 Å². The zero-order chi connectivity index (χ0) is 58.1. The van der Waals surface area contributed by atoms with Gasteiger partial charge in [-0.3, -0.25) is 28.8 Å². The molecule has 3 fully saturated rings. The number of amides is 1. The lowest BCUT2D eigenvalue weighted by Gasteiger charge is -2.45. The third-order valence-electron chi connectivity index (χ3n) is 14.3. The molecule has 79 heavy (non-hydrogen) atoms. The summed E-state index contributed by atoms with van der Waals surface area (Å²) in [6, 6.07) is 0. The monoisotopic (exact) mass is 1130 g/mol. The molecule has 3 heterocycles. The Morgan fingerprint density at radius 3 is 1.61 bits per heavy atom. The Morgan fingerprint density at radius 2 is 1.03 bits per heavy atom. The summed E-state index contributed by atoms with van der Waals surface area (Å²) in [5.41, 5.74) is 0. The van der Waals surface area contributed by atoms with E-state index in [2.05, 4.69) is 31.2 Å². The first kappa shape index (κ1) is 69.8. The van der Waals surface area contributed by atoms with E-state index >= 15 is 0 Å². The van der Waals surface area contributed by atoms with Crippen molar-refractivity contribution in [2.45, 2.75) is 281 Å². The van der Waals surface area contributed by atoms with Gasteiger partial charge < -0.3 is 78.0 Å². The van der Waals surface area contributed by atoms with E-state index in [4.69, 9.17) is 47.4 Å². The number of ether oxygens (including phenoxy) is 10. The summed E-state index contributed by atoms with van der Waals surface area (Å²) in [7, 11) is 4.12. The van der Waals surface area contributed by atoms with Crippen LogP contribution in [0.1, 0.15) is 195 Å². The second-order valence-corrected chi connectivity index (χ2v) is 21.8. The number of carbonyl (C=O) groups excluding carboxylic acids is 6. The van der Waals surface area contributed by atoms with Crippen molar-refractivity contribution in [1.29, 1.82) is 0 Å². The van der Waals surface area contributed by atoms with Gasteiger partial charge in [-0.15, -0.1) is 0 Å². The predicted molar refractivity (Wildman–Crippen MR) is 288 cm³/mol. The average Bonchev–Trinajstić information content (AvgIpc) is 3.38. The van der Waals surface area contributed by atoms with E-state index in [-0.39, 0.29) is 24.9 Å². The Hall–Kier alpha value is -3.42. The summed E-state index contributed by atoms with van der Waals surface area (Å²) in [6.45, 7) is 7.38. The second kappa shape index (κ2) is 39.9. The molecule has 22 nitrogen and oxygen atoms in total. The molecule has 0 aromatic heterocycles. The number of carbonyl (C=O) groups is 6. The molecule has 3 rings (SSSR count). The van der Waals surface area contributed by atoms with Crippen molar-refractivity contribution >= 4 is 35.6 Å². The summed E-state index contributed by atoms with van der Waals surface area (Å²) in [6.07, 6.45) is 3.33. The number of rotatable bonds is 41. The van der Waals surface area contributed by atoms with E-state index in [1.54, 1.807) is 0 Å². The van der Waals surface area contributed by atoms with Crippen LogP contribution in [-0.2, 0) is 76.1 Å². The first-order valence-corrected chi connectivity index (χ1v) is 29.5. The van der Waals surface area contributed by atoms with Gasteiger partial charge in [-0.2, -0.15) is 0 Å². The van der Waals surface area contributed by atoms with E-state index in [0.29, 0.717) is 38.5 Å². The average molecular weight is 1130 g/mol. The highest BCUT2D eigenvalue weighted by Crippen LogP contribution is 2.32. The van der Waals surface area contributed by atoms with E-state index in [0.717, 1.165) is 130 Å². The molecule has 22 heteroatoms. The van der Waals surface area contributed by atoms with Gasteiger partial charge in [-0.25, -0.2) is 0 Å². The Labute approximate surface area is 469 Å². The molecule has 0 spiro atoms. The molecule has 1 amide bonds. The number of esters is 4. The summed E-state index contributed by atoms with van der Waals surface area (Å²) >= 11 is 0. The lowest BCUT2D eigenvalue weighted by molar-refractivity contribution is -0.356. The maximum atomic E-state index is 12.7. The minimum atomic E-state index is -1.77. The number of aliphatic hydroxyl groups is 4. The maximum absolute atomic E-state index is 12.7. The fourth-order valence-corrected chi connectivity index (χ4v) is 10.1. The van der Waals surface area contributed by atoms with E-state index < -0.39 is 116 Å². The first-order chi connectivity index (χ1) is 37.8. The molecule has 0 unspecified atom stereocenters. The summed E-state index contributed by atoms with van der Waals surface area (Å²) in [4.78, 5) is 75.3. The van der Waals surface area contributed by atoms with Gasteiger partial charge >= 0.3 is 23.9 Å². The minimum Gasteiger partial charge on any atom is -0.460 e. The van der Waals surface area contributed by atoms with Crippen molar-refractivity contribution in [3.8, 4) is 0 Å². The van der Waals surface area contributed by atoms with Crippen LogP contribution in [0.3, 0.4) is 0 Å². The summed E-state index contributed by atoms with van der Waals surface area (Å²) in [5.74, 6) is -2.39. The summed E-state index contributed by atoms with van der Waals surface area (Å²) in [5, 5.41) is 48.1. The number of hydrogen-bond acceptors (Lipinski definition) is 21. The largest absolute Gasteiger partial charge is 0.460 e. The Kier molecular flexibility index (Phi) is 35.3. The Bertz CT molecular complexity index is 1740. The molecule has 3 aliphatic heterocycles. The van der Waals surface area contributed by atoms with Crippen LogP contribution in [0.15, 0.2) is 0 Å². The zero-order valence-electron chi connectivity index (χ0n) is 48.6. The van der Waals surface area contributed by atoms with Gasteiger partial charge in [0.15, 0.2) is 37.2 Å². The molecule has 5 N–H and O–H groups in total. The van der Waals surface area contributed by atoms with Crippen LogP contribution in [0, 0.1) is 0 Å². The molecule has 0 radical (unpaired) electrons. The van der Waals surface area contributed by atoms with Crippen molar-refractivity contribution in [3.63, 3.8) is 0 Å². The molecule has 458 valence electrons. The van der Waals surface area contributed by atoms with Crippen LogP contribution in [0.5, 0.6) is 0 Å². The van der Waals surface area contributed by atoms with Gasteiger partial charge in [0.05, 0.1) is 25.9 Å². The number of ketones is 1. The van der Waals surface area contributed by atoms with Crippen LogP contribution in [-0.4, -0.2) is 194 Å². The number of unbranched alkanes of at least 4 members (excludes halogenated alkanes) is 16. The molecule has 14 atom stereocenters. The fraction of sp³-hybridized carbons (Fsp3) is 0.895. The minimum absolute atomic E-state index is 0.166. The first-order valence-electron chi connectivity index (χ1n) is 29.5. The van der Waals surface area contributed by atoms with Crippen LogP contribution in [0.4, 0.5) is 0 Å². The number of hydrogen-bond donors (Lipinski definition) is 5. The van der Waals surface area contributed by atoms with Gasteiger partial charge in [0.25, 0.3) is 0 Å². The molecule has 0 aromatic rings. The van der Waals surface area contributed by atoms with Crippen LogP contribution < -0.4 is 5.32 Å². The Morgan fingerprint density at radius 1 is 0.506 bits per heavy atom. The van der Waals surface area contributed by atoms with E-state index in [9.17, 15) is 49.2 Å². The second-order valence-electron chi connectivity index (χ2n) is 21.8. The molecule has 0 aromatic carbocycles. The highest BCUT2D eigenvalue weighted by atomic mass is 16.8. The molecule has 0 bridgehead atoms. The van der Waals surface area contributed by atoms with Crippen molar-refractivity contribution in [3.05, 3.63) is 0 Å². The van der Waals surface area contributed by atoms with Crippen molar-refractivity contribution < 1.29 is 96.6 Å². The maximum Gasteiger partial charge on any atom is 0.303 e. The fourth-order valence-electron chi connectivity index (χ4n) is 10.1. The van der Waals surface area contributed by atoms with Gasteiger partial charge in [0.1, 0.15) is 48.5 Å². The SMILES string of the molecule is CCCCCC[C@H](O[C@@H]1OC[C@H](O[C@@H]2OC[C@H](O)[C@H](O[C@@H]3OC[C@H](OC(C)=O)[C@H](OC(C)=O)[C@H]3OC(C)=O)[C@H]2O)[C@H](O)[C@H]1O)[C@@H](CCCCCCC(=O)CCCCCCCCCCCCC(=O)NCCCCN(C)C)OC(C)=O. The summed E-state index contributed by atoms with van der Waals surface area (Å²) < 4.78 is 57.3. The molecular weight excluding hydrogens is 1030 g/mol. The quantitative estimate of drug-likeness (QED) is 0.0291. The van der Waals surface area contributed by atoms with Gasteiger partial charge in [0.2, 0.25) is 5.91 Å². The van der Waals surface area contributed by atoms with Crippen molar-refractivity contribution in [2.24, 2.45) is 0 Å². The molecule has 3 aliphatic rings. The van der Waals surface area contributed by atoms with Crippen LogP contribution in [0.25, 0.3) is 0 Å². The van der Waals surface area contributed by atoms with Gasteiger partial charge in [-0.1, -0.05) is 96.8 Å². The predicted octanol–water partition coefficient (Wildman–Crippen LogP) is 5.40. The highest BCUT2D eigenvalue weighted by Gasteiger charge is 2.52. The van der Waals surface area contributed by atoms with Gasteiger partial charge in [0, 0.05) is 53.5 Å². The van der Waals surface area contributed by atoms with Gasteiger partial charge in [-0.05, 0) is 72.0 Å². The normalized spacial score (nSPS) is 26.9. The lowest BCUT2D eigenvalue weighted by atomic mass is 9.98. The number of nitrogens with zero attached hydrogens (tertiary/aromatic N) is 1. The molecular formula is C57H100N2O20. The standard InChI is InChI=1S/C57H100N2O20/c1-8-9-10-23-31-45(44(73-38(2)60)30-24-20-19-22-29-42(64)28-21-17-15-13-11-12-14-16-18-25-32-48(66)58-33-26-27-34-59(6)7)77-55-50(68)49(67)46(36-71-55)78-56-51(69)52(43(65)35-70-56)79-57-54(76-41(5)63)53(75-40(4)62)47(37-72-57)74-39(3)61/h43-47,49-57,65,67-69H,8-37H2,1-7H3,(H,58,66)/t43-,44+,45-,46-,47-,49-,50+,51+,52-,53-,54+,55-,56-,57-/m0/s1. The number of nitrogens with one attached hydrogen (secondary N) is 1. The topological polar surface area (TPSA) is 291 Å². The molecule has 3 saturated heterocycles. The Balaban J connectivity index is 1.42. The zero-order valence-corrected chi connectivity index (χ0v) is 48.6. The lowest BCUT2D eigenvalue weighted by Crippen LogP contribution is -2.63. The third kappa shape index (κ3) is 28.4. The highest BCUT2D eigenvalue weighted by molar-refractivity contribution is 5.78. The number of aliphatic hydroxyl groups excluding tert-OH is 4. The smallest absolute Gasteiger partial charge is 0.303 e. The van der Waals surface area contributed by atoms with Crippen molar-refractivity contribution in [2.75, 3.05) is 47.0 Å². The molecule has 0 saturated carbocycles. The number of Topliss-reactive ketones (excluding diaryl/α,β-unsaturated/α-hetero) is 1. The van der Waals surface area contributed by atoms with Crippen LogP contribution in [0.2, 0.25) is 0 Å². The van der Waals surface area contributed by atoms with Crippen LogP contribution >= 0.6 is 0 Å². The molecule has 0 aliphatic carbocycles. The van der Waals surface area contributed by atoms with E-state index in [1.165, 1.54) is 32.6 Å². The third-order valence-corrected chi connectivity index (χ3v) is 14.3.